The molecular weight excluding hydrogens is 323 g/mol. The average molecular weight is 336 g/mol. The highest BCUT2D eigenvalue weighted by Crippen LogP contribution is 2.18. The van der Waals surface area contributed by atoms with Crippen LogP contribution in [0.3, 0.4) is 0 Å². The van der Waals surface area contributed by atoms with Gasteiger partial charge in [-0.2, -0.15) is 5.26 Å². The fourth-order valence-corrected chi connectivity index (χ4v) is 2.17. The summed E-state index contributed by atoms with van der Waals surface area (Å²) in [7, 11) is 0. The van der Waals surface area contributed by atoms with Gasteiger partial charge in [0.15, 0.2) is 0 Å². The largest absolute Gasteiger partial charge is 0.421 e. The maximum Gasteiger partial charge on any atom is 0.247 e. The van der Waals surface area contributed by atoms with Crippen molar-refractivity contribution in [2.24, 2.45) is 0 Å². The zero-order valence-electron chi connectivity index (χ0n) is 13.1. The summed E-state index contributed by atoms with van der Waals surface area (Å²) in [6, 6.07) is 14.4. The number of nitriles is 1. The van der Waals surface area contributed by atoms with Crippen molar-refractivity contribution in [2.45, 2.75) is 12.8 Å². The summed E-state index contributed by atoms with van der Waals surface area (Å²) in [5.74, 6) is 0.0228. The zero-order chi connectivity index (χ0) is 17.6. The molecule has 0 saturated heterocycles. The van der Waals surface area contributed by atoms with Gasteiger partial charge < -0.3 is 9.73 Å². The Morgan fingerprint density at radius 1 is 1.20 bits per heavy atom. The first-order valence-electron chi connectivity index (χ1n) is 7.52. The Labute approximate surface area is 142 Å². The summed E-state index contributed by atoms with van der Waals surface area (Å²) in [5.41, 5.74) is 1.64. The van der Waals surface area contributed by atoms with Crippen LogP contribution in [0.25, 0.3) is 11.5 Å². The van der Waals surface area contributed by atoms with Crippen molar-refractivity contribution < 1.29 is 13.6 Å². The van der Waals surface area contributed by atoms with Crippen LogP contribution < -0.4 is 5.32 Å². The molecule has 0 unspecified atom stereocenters. The number of carbonyl (C=O) groups excluding carboxylic acids is 1. The van der Waals surface area contributed by atoms with Gasteiger partial charge in [-0.15, -0.1) is 10.2 Å². The molecule has 0 saturated carbocycles. The maximum absolute atomic E-state index is 12.9. The van der Waals surface area contributed by atoms with Crippen LogP contribution in [0.1, 0.15) is 17.9 Å². The van der Waals surface area contributed by atoms with E-state index < -0.39 is 0 Å². The Bertz CT molecular complexity index is 929. The van der Waals surface area contributed by atoms with Gasteiger partial charge in [0, 0.05) is 24.1 Å². The van der Waals surface area contributed by atoms with E-state index in [1.165, 1.54) is 12.1 Å². The van der Waals surface area contributed by atoms with Gasteiger partial charge in [0.1, 0.15) is 5.82 Å². The molecule has 0 fully saturated rings. The van der Waals surface area contributed by atoms with Gasteiger partial charge in [0.05, 0.1) is 11.6 Å². The Kier molecular flexibility index (Phi) is 4.81. The van der Waals surface area contributed by atoms with Crippen LogP contribution in [-0.2, 0) is 11.2 Å². The summed E-state index contributed by atoms with van der Waals surface area (Å²) in [5, 5.41) is 19.3. The molecule has 1 aromatic heterocycles. The van der Waals surface area contributed by atoms with E-state index in [4.69, 9.17) is 9.68 Å². The second-order valence-electron chi connectivity index (χ2n) is 5.25. The minimum absolute atomic E-state index is 0.155. The van der Waals surface area contributed by atoms with E-state index in [2.05, 4.69) is 15.5 Å². The van der Waals surface area contributed by atoms with Crippen LogP contribution in [-0.4, -0.2) is 16.1 Å². The van der Waals surface area contributed by atoms with E-state index in [0.29, 0.717) is 22.7 Å². The lowest BCUT2D eigenvalue weighted by Crippen LogP contribution is -2.12. The number of hydrogen-bond acceptors (Lipinski definition) is 5. The lowest BCUT2D eigenvalue weighted by Gasteiger charge is -2.04. The molecule has 0 atom stereocenters. The number of hydrogen-bond donors (Lipinski definition) is 1. The number of nitrogens with one attached hydrogen (secondary N) is 1. The third kappa shape index (κ3) is 4.26. The number of nitrogens with zero attached hydrogens (tertiary/aromatic N) is 3. The van der Waals surface area contributed by atoms with E-state index in [-0.39, 0.29) is 30.5 Å². The highest BCUT2D eigenvalue weighted by Gasteiger charge is 2.11. The highest BCUT2D eigenvalue weighted by atomic mass is 19.1. The Morgan fingerprint density at radius 3 is 2.76 bits per heavy atom. The van der Waals surface area contributed by atoms with Crippen molar-refractivity contribution in [3.05, 3.63) is 65.8 Å². The summed E-state index contributed by atoms with van der Waals surface area (Å²) in [6.45, 7) is 0. The van der Waals surface area contributed by atoms with Gasteiger partial charge in [0.25, 0.3) is 0 Å². The Hall–Kier alpha value is -3.53. The molecule has 0 spiro atoms. The quantitative estimate of drug-likeness (QED) is 0.771. The Balaban J connectivity index is 1.57. The number of anilines is 1. The second kappa shape index (κ2) is 7.36. The van der Waals surface area contributed by atoms with E-state index >= 15 is 0 Å². The fraction of sp³-hybridized carbons (Fsp3) is 0.111. The first-order chi connectivity index (χ1) is 12.1. The molecule has 1 N–H and O–H groups in total. The van der Waals surface area contributed by atoms with E-state index in [1.807, 2.05) is 6.07 Å². The highest BCUT2D eigenvalue weighted by molar-refractivity contribution is 5.90. The number of rotatable bonds is 5. The van der Waals surface area contributed by atoms with Crippen molar-refractivity contribution in [1.29, 1.82) is 5.26 Å². The molecule has 7 heteroatoms. The number of benzene rings is 2. The van der Waals surface area contributed by atoms with Crippen LogP contribution in [0.5, 0.6) is 0 Å². The average Bonchev–Trinajstić information content (AvgIpc) is 3.10. The molecule has 1 amide bonds. The van der Waals surface area contributed by atoms with Crippen LogP contribution in [0.15, 0.2) is 52.9 Å². The Morgan fingerprint density at radius 2 is 2.00 bits per heavy atom. The number of amides is 1. The topological polar surface area (TPSA) is 91.8 Å². The van der Waals surface area contributed by atoms with Gasteiger partial charge in [0.2, 0.25) is 17.7 Å². The zero-order valence-corrected chi connectivity index (χ0v) is 13.1. The van der Waals surface area contributed by atoms with Gasteiger partial charge >= 0.3 is 0 Å². The molecule has 0 aliphatic carbocycles. The normalized spacial score (nSPS) is 10.2. The maximum atomic E-state index is 12.9. The third-order valence-corrected chi connectivity index (χ3v) is 3.40. The molecule has 1 heterocycles. The molecule has 3 rings (SSSR count). The van der Waals surface area contributed by atoms with Crippen LogP contribution in [0.2, 0.25) is 0 Å². The van der Waals surface area contributed by atoms with Gasteiger partial charge in [-0.05, 0) is 42.5 Å². The minimum atomic E-state index is -0.347. The predicted molar refractivity (Wildman–Crippen MR) is 87.8 cm³/mol. The predicted octanol–water partition coefficient (Wildman–Crippen LogP) is 3.32. The third-order valence-electron chi connectivity index (χ3n) is 3.40. The molecule has 3 aromatic rings. The molecule has 0 bridgehead atoms. The summed E-state index contributed by atoms with van der Waals surface area (Å²) < 4.78 is 18.4. The molecular formula is C18H13FN4O2. The number of carbonyl (C=O) groups is 1. The van der Waals surface area contributed by atoms with E-state index in [9.17, 15) is 9.18 Å². The molecule has 2 aromatic carbocycles. The second-order valence-corrected chi connectivity index (χ2v) is 5.25. The summed E-state index contributed by atoms with van der Waals surface area (Å²) in [4.78, 5) is 12.0. The van der Waals surface area contributed by atoms with Crippen molar-refractivity contribution in [1.82, 2.24) is 10.2 Å². The van der Waals surface area contributed by atoms with Crippen LogP contribution >= 0.6 is 0 Å². The smallest absolute Gasteiger partial charge is 0.247 e. The SMILES string of the molecule is N#Cc1cccc(NC(=O)CCc2nnc(-c3ccc(F)cc3)o2)c1. The molecule has 25 heavy (non-hydrogen) atoms. The van der Waals surface area contributed by atoms with Crippen molar-refractivity contribution in [3.63, 3.8) is 0 Å². The van der Waals surface area contributed by atoms with Crippen molar-refractivity contribution >= 4 is 11.6 Å². The number of halogens is 1. The van der Waals surface area contributed by atoms with Crippen LogP contribution in [0.4, 0.5) is 10.1 Å². The fourth-order valence-electron chi connectivity index (χ4n) is 2.17. The van der Waals surface area contributed by atoms with Gasteiger partial charge in [-0.25, -0.2) is 4.39 Å². The first-order valence-corrected chi connectivity index (χ1v) is 7.52. The molecule has 0 aliphatic heterocycles. The molecule has 0 radical (unpaired) electrons. The molecule has 124 valence electrons. The summed E-state index contributed by atoms with van der Waals surface area (Å²) >= 11 is 0. The van der Waals surface area contributed by atoms with Gasteiger partial charge in [-0.1, -0.05) is 6.07 Å². The van der Waals surface area contributed by atoms with E-state index in [1.54, 1.807) is 36.4 Å². The van der Waals surface area contributed by atoms with Crippen LogP contribution in [0, 0.1) is 17.1 Å². The minimum Gasteiger partial charge on any atom is -0.421 e. The van der Waals surface area contributed by atoms with Crippen molar-refractivity contribution in [2.75, 3.05) is 5.32 Å². The monoisotopic (exact) mass is 336 g/mol. The first kappa shape index (κ1) is 16.3. The molecule has 0 aliphatic rings. The van der Waals surface area contributed by atoms with E-state index in [0.717, 1.165) is 0 Å². The van der Waals surface area contributed by atoms with Gasteiger partial charge in [-0.3, -0.25) is 4.79 Å². The standard InChI is InChI=1S/C18H13FN4O2/c19-14-6-4-13(5-7-14)18-23-22-17(25-18)9-8-16(24)21-15-3-1-2-12(10-15)11-20/h1-7,10H,8-9H2,(H,21,24). The lowest BCUT2D eigenvalue weighted by atomic mass is 10.2. The number of aryl methyl sites for hydroxylation is 1. The lowest BCUT2D eigenvalue weighted by molar-refractivity contribution is -0.116. The summed E-state index contributed by atoms with van der Waals surface area (Å²) in [6.07, 6.45) is 0.430. The van der Waals surface area contributed by atoms with Crippen molar-refractivity contribution in [3.8, 4) is 17.5 Å². The molecule has 6 nitrogen and oxygen atoms in total. The number of aromatic nitrogens is 2.